The highest BCUT2D eigenvalue weighted by Gasteiger charge is 2.32. The Morgan fingerprint density at radius 2 is 1.77 bits per heavy atom. The maximum Gasteiger partial charge on any atom is 0.123 e. The summed E-state index contributed by atoms with van der Waals surface area (Å²) in [6.45, 7) is 4.29. The first-order valence-electron chi connectivity index (χ1n) is 10.4. The van der Waals surface area contributed by atoms with Crippen molar-refractivity contribution in [3.05, 3.63) is 95.3 Å². The number of fused-ring (bicyclic) bond motifs is 1. The van der Waals surface area contributed by atoms with Crippen LogP contribution in [-0.4, -0.2) is 48.8 Å². The van der Waals surface area contributed by atoms with E-state index in [0.29, 0.717) is 5.56 Å². The molecule has 1 saturated heterocycles. The van der Waals surface area contributed by atoms with Crippen molar-refractivity contribution in [1.82, 2.24) is 15.1 Å². The molecule has 1 N–H and O–H groups in total. The number of hydrogen-bond donors (Lipinski definition) is 1. The minimum atomic E-state index is 0.0964. The fraction of sp³-hybridized carbons (Fsp3) is 0.240. The van der Waals surface area contributed by atoms with Gasteiger partial charge >= 0.3 is 0 Å². The largest absolute Gasteiger partial charge is 0.379 e. The van der Waals surface area contributed by atoms with Crippen LogP contribution in [0.1, 0.15) is 16.7 Å². The van der Waals surface area contributed by atoms with E-state index in [2.05, 4.69) is 63.8 Å². The van der Waals surface area contributed by atoms with Crippen molar-refractivity contribution in [3.8, 4) is 6.07 Å². The minimum absolute atomic E-state index is 0.0964. The predicted molar refractivity (Wildman–Crippen MR) is 118 cm³/mol. The second-order valence-electron chi connectivity index (χ2n) is 7.71. The number of rotatable bonds is 4. The third kappa shape index (κ3) is 3.63. The first kappa shape index (κ1) is 18.7. The second kappa shape index (κ2) is 8.19. The van der Waals surface area contributed by atoms with Crippen molar-refractivity contribution in [1.29, 1.82) is 5.26 Å². The number of allylic oxidation sites excluding steroid dienone is 2. The Kier molecular flexibility index (Phi) is 5.10. The zero-order valence-corrected chi connectivity index (χ0v) is 16.8. The van der Waals surface area contributed by atoms with Crippen LogP contribution in [0.15, 0.2) is 78.6 Å². The zero-order valence-electron chi connectivity index (χ0n) is 16.8. The van der Waals surface area contributed by atoms with Gasteiger partial charge in [-0.2, -0.15) is 5.26 Å². The molecule has 30 heavy (non-hydrogen) atoms. The molecule has 150 valence electrons. The average Bonchev–Trinajstić information content (AvgIpc) is 3.18. The second-order valence-corrected chi connectivity index (χ2v) is 7.71. The van der Waals surface area contributed by atoms with Crippen LogP contribution in [0, 0.1) is 11.3 Å². The van der Waals surface area contributed by atoms with E-state index in [1.807, 2.05) is 30.3 Å². The first-order valence-corrected chi connectivity index (χ1v) is 10.4. The van der Waals surface area contributed by atoms with Crippen molar-refractivity contribution < 1.29 is 4.74 Å². The number of hydrogen-bond acceptors (Lipinski definition) is 5. The van der Waals surface area contributed by atoms with Crippen LogP contribution in [0.25, 0.3) is 11.3 Å². The van der Waals surface area contributed by atoms with Crippen molar-refractivity contribution in [2.75, 3.05) is 32.8 Å². The van der Waals surface area contributed by atoms with Gasteiger partial charge in [-0.15, -0.1) is 0 Å². The van der Waals surface area contributed by atoms with Crippen molar-refractivity contribution in [2.24, 2.45) is 0 Å². The third-order valence-corrected chi connectivity index (χ3v) is 5.82. The van der Waals surface area contributed by atoms with Crippen LogP contribution in [0.2, 0.25) is 0 Å². The monoisotopic (exact) mass is 396 g/mol. The highest BCUT2D eigenvalue weighted by atomic mass is 16.5. The van der Waals surface area contributed by atoms with E-state index in [1.165, 1.54) is 16.8 Å². The van der Waals surface area contributed by atoms with Gasteiger partial charge in [0.05, 0.1) is 36.2 Å². The van der Waals surface area contributed by atoms with Gasteiger partial charge in [0.25, 0.3) is 0 Å². The Labute approximate surface area is 177 Å². The van der Waals surface area contributed by atoms with Crippen molar-refractivity contribution >= 4 is 11.3 Å². The molecule has 0 amide bonds. The molecule has 0 spiro atoms. The molecule has 2 aromatic carbocycles. The van der Waals surface area contributed by atoms with Crippen LogP contribution in [0.3, 0.4) is 0 Å². The SMILES string of the molecule is N#Cc1ccc(C2=C(CN3CCOCC3)N3C=C(c4ccccc4)C=CC3N2)cc1. The third-order valence-electron chi connectivity index (χ3n) is 5.82. The molecule has 1 fully saturated rings. The normalized spacial score (nSPS) is 21.1. The first-order chi connectivity index (χ1) is 14.8. The average molecular weight is 396 g/mol. The Bertz CT molecular complexity index is 1040. The smallest absolute Gasteiger partial charge is 0.123 e. The van der Waals surface area contributed by atoms with Crippen LogP contribution in [0.5, 0.6) is 0 Å². The molecule has 0 aromatic heterocycles. The van der Waals surface area contributed by atoms with Crippen LogP contribution in [-0.2, 0) is 4.74 Å². The van der Waals surface area contributed by atoms with E-state index in [0.717, 1.165) is 44.1 Å². The molecule has 1 unspecified atom stereocenters. The lowest BCUT2D eigenvalue weighted by atomic mass is 10.0. The van der Waals surface area contributed by atoms with Gasteiger partial charge in [0.15, 0.2) is 0 Å². The quantitative estimate of drug-likeness (QED) is 0.859. The van der Waals surface area contributed by atoms with Gasteiger partial charge in [-0.1, -0.05) is 48.5 Å². The maximum atomic E-state index is 9.15. The summed E-state index contributed by atoms with van der Waals surface area (Å²) in [5.41, 5.74) is 6.58. The Morgan fingerprint density at radius 1 is 1.00 bits per heavy atom. The Balaban J connectivity index is 1.52. The number of nitrogens with one attached hydrogen (secondary N) is 1. The molecule has 3 aliphatic rings. The van der Waals surface area contributed by atoms with Gasteiger partial charge < -0.3 is 15.0 Å². The van der Waals surface area contributed by atoms with Gasteiger partial charge in [0, 0.05) is 25.8 Å². The number of ether oxygens (including phenoxy) is 1. The number of nitriles is 1. The van der Waals surface area contributed by atoms with E-state index >= 15 is 0 Å². The highest BCUT2D eigenvalue weighted by molar-refractivity contribution is 5.78. The highest BCUT2D eigenvalue weighted by Crippen LogP contribution is 2.34. The molecule has 5 nitrogen and oxygen atoms in total. The summed E-state index contributed by atoms with van der Waals surface area (Å²) >= 11 is 0. The lowest BCUT2D eigenvalue weighted by molar-refractivity contribution is 0.0401. The molecule has 5 heteroatoms. The summed E-state index contributed by atoms with van der Waals surface area (Å²) in [4.78, 5) is 4.80. The summed E-state index contributed by atoms with van der Waals surface area (Å²) in [6.07, 6.45) is 6.76. The molecule has 5 rings (SSSR count). The van der Waals surface area contributed by atoms with Crippen LogP contribution < -0.4 is 5.32 Å². The summed E-state index contributed by atoms with van der Waals surface area (Å²) in [5.74, 6) is 0. The van der Waals surface area contributed by atoms with Crippen molar-refractivity contribution in [2.45, 2.75) is 6.17 Å². The van der Waals surface area contributed by atoms with Gasteiger partial charge in [-0.05, 0) is 34.9 Å². The fourth-order valence-corrected chi connectivity index (χ4v) is 4.18. The predicted octanol–water partition coefficient (Wildman–Crippen LogP) is 3.40. The van der Waals surface area contributed by atoms with Gasteiger partial charge in [0.2, 0.25) is 0 Å². The molecule has 0 aliphatic carbocycles. The Hall–Kier alpha value is -3.33. The molecule has 1 atom stereocenters. The van der Waals surface area contributed by atoms with E-state index in [4.69, 9.17) is 10.00 Å². The zero-order chi connectivity index (χ0) is 20.3. The van der Waals surface area contributed by atoms with E-state index in [9.17, 15) is 0 Å². The lowest BCUT2D eigenvalue weighted by Crippen LogP contribution is -2.40. The molecule has 0 saturated carbocycles. The van der Waals surface area contributed by atoms with E-state index in [-0.39, 0.29) is 6.17 Å². The standard InChI is InChI=1S/C25H24N4O/c26-16-19-6-8-21(9-7-19)25-23(18-28-12-14-30-15-13-28)29-17-22(10-11-24(29)27-25)20-4-2-1-3-5-20/h1-11,17,24,27H,12-15,18H2. The lowest BCUT2D eigenvalue weighted by Gasteiger charge is -2.32. The number of morpholine rings is 1. The van der Waals surface area contributed by atoms with Crippen LogP contribution >= 0.6 is 0 Å². The summed E-state index contributed by atoms with van der Waals surface area (Å²) in [5, 5.41) is 12.8. The molecule has 2 aromatic rings. The summed E-state index contributed by atoms with van der Waals surface area (Å²) in [6, 6.07) is 20.5. The summed E-state index contributed by atoms with van der Waals surface area (Å²) < 4.78 is 5.54. The summed E-state index contributed by atoms with van der Waals surface area (Å²) in [7, 11) is 0. The van der Waals surface area contributed by atoms with Gasteiger partial charge in [0.1, 0.15) is 6.17 Å². The minimum Gasteiger partial charge on any atom is -0.379 e. The molecule has 0 radical (unpaired) electrons. The van der Waals surface area contributed by atoms with Crippen LogP contribution in [0.4, 0.5) is 0 Å². The topological polar surface area (TPSA) is 51.5 Å². The fourth-order valence-electron chi connectivity index (χ4n) is 4.18. The van der Waals surface area contributed by atoms with Gasteiger partial charge in [-0.3, -0.25) is 4.90 Å². The molecular weight excluding hydrogens is 372 g/mol. The number of benzene rings is 2. The maximum absolute atomic E-state index is 9.15. The van der Waals surface area contributed by atoms with Crippen molar-refractivity contribution in [3.63, 3.8) is 0 Å². The molecule has 0 bridgehead atoms. The van der Waals surface area contributed by atoms with E-state index in [1.54, 1.807) is 0 Å². The van der Waals surface area contributed by atoms with Gasteiger partial charge in [-0.25, -0.2) is 0 Å². The molecular formula is C25H24N4O. The Morgan fingerprint density at radius 3 is 2.50 bits per heavy atom. The number of nitrogens with zero attached hydrogens (tertiary/aromatic N) is 3. The molecule has 3 heterocycles. The molecule has 3 aliphatic heterocycles. The van der Waals surface area contributed by atoms with E-state index < -0.39 is 0 Å².